The van der Waals surface area contributed by atoms with Crippen molar-refractivity contribution in [2.75, 3.05) is 7.11 Å². The van der Waals surface area contributed by atoms with Crippen molar-refractivity contribution in [2.24, 2.45) is 46.3 Å². The van der Waals surface area contributed by atoms with Gasteiger partial charge in [0.25, 0.3) is 0 Å². The van der Waals surface area contributed by atoms with E-state index in [2.05, 4.69) is 20.8 Å². The first kappa shape index (κ1) is 22.3. The van der Waals surface area contributed by atoms with Crippen molar-refractivity contribution < 1.29 is 24.5 Å². The van der Waals surface area contributed by atoms with E-state index in [0.29, 0.717) is 36.9 Å². The summed E-state index contributed by atoms with van der Waals surface area (Å²) in [6.45, 7) is 6.74. The Morgan fingerprint density at radius 1 is 1.17 bits per heavy atom. The molecule has 0 aromatic rings. The lowest BCUT2D eigenvalue weighted by atomic mass is 9.43. The highest BCUT2D eigenvalue weighted by molar-refractivity contribution is 5.83. The molecule has 6 unspecified atom stereocenters. The number of carbonyl (C=O) groups is 2. The van der Waals surface area contributed by atoms with Gasteiger partial charge in [-0.3, -0.25) is 9.59 Å². The molecule has 30 heavy (non-hydrogen) atoms. The fraction of sp³-hybridized carbons (Fsp3) is 0.920. The highest BCUT2D eigenvalue weighted by atomic mass is 16.5. The summed E-state index contributed by atoms with van der Waals surface area (Å²) in [5.41, 5.74) is -0.210. The lowest BCUT2D eigenvalue weighted by Gasteiger charge is -2.61. The molecule has 5 heteroatoms. The van der Waals surface area contributed by atoms with E-state index in [1.807, 2.05) is 0 Å². The Morgan fingerprint density at radius 3 is 2.60 bits per heavy atom. The van der Waals surface area contributed by atoms with Crippen LogP contribution in [-0.2, 0) is 14.3 Å². The molecule has 0 bridgehead atoms. The molecule has 4 rings (SSSR count). The van der Waals surface area contributed by atoms with E-state index in [0.717, 1.165) is 38.5 Å². The van der Waals surface area contributed by atoms with Gasteiger partial charge in [0.05, 0.1) is 19.3 Å². The van der Waals surface area contributed by atoms with Crippen molar-refractivity contribution in [3.05, 3.63) is 0 Å². The fourth-order valence-corrected chi connectivity index (χ4v) is 8.49. The molecule has 0 spiro atoms. The highest BCUT2D eigenvalue weighted by Crippen LogP contribution is 2.67. The van der Waals surface area contributed by atoms with E-state index < -0.39 is 6.10 Å². The summed E-state index contributed by atoms with van der Waals surface area (Å²) < 4.78 is 4.82. The second kappa shape index (κ2) is 7.88. The van der Waals surface area contributed by atoms with Crippen LogP contribution in [0.25, 0.3) is 0 Å². The maximum Gasteiger partial charge on any atom is 0.305 e. The van der Waals surface area contributed by atoms with Crippen molar-refractivity contribution in [3.63, 3.8) is 0 Å². The van der Waals surface area contributed by atoms with E-state index in [-0.39, 0.29) is 46.6 Å². The van der Waals surface area contributed by atoms with Crippen LogP contribution in [-0.4, -0.2) is 41.3 Å². The molecule has 0 heterocycles. The van der Waals surface area contributed by atoms with Crippen molar-refractivity contribution in [3.8, 4) is 0 Å². The van der Waals surface area contributed by atoms with Crippen LogP contribution in [0.4, 0.5) is 0 Å². The minimum absolute atomic E-state index is 0.0488. The number of methoxy groups -OCH3 is 1. The molecular formula is C25H40O5. The van der Waals surface area contributed by atoms with E-state index in [1.54, 1.807) is 0 Å². The standard InChI is InChI=1S/C25H40O5/c1-14(5-8-22(29)30-4)17-6-7-18-23-19(13-21(28)25(17,18)3)24(2)10-9-16(26)11-15(24)12-20(23)27/h14-19,21,23,26,28H,5-13H2,1-4H3/t14-,15+,16?,17?,18?,19?,21?,23?,24+,25-/m1/s1. The van der Waals surface area contributed by atoms with Crippen LogP contribution in [0.3, 0.4) is 0 Å². The SMILES string of the molecule is COC(=O)CC[C@@H](C)C1CCC2C3C(=O)C[C@@H]4CC(O)CC[C@]4(C)C3CC(O)[C@@]21C. The maximum absolute atomic E-state index is 13.4. The second-order valence-corrected chi connectivity index (χ2v) is 11.4. The van der Waals surface area contributed by atoms with Gasteiger partial charge < -0.3 is 14.9 Å². The van der Waals surface area contributed by atoms with E-state index in [1.165, 1.54) is 7.11 Å². The number of aliphatic hydroxyl groups excluding tert-OH is 2. The molecule has 10 atom stereocenters. The van der Waals surface area contributed by atoms with Gasteiger partial charge >= 0.3 is 5.97 Å². The molecular weight excluding hydrogens is 380 g/mol. The number of esters is 1. The predicted molar refractivity (Wildman–Crippen MR) is 113 cm³/mol. The molecule has 0 saturated heterocycles. The van der Waals surface area contributed by atoms with Gasteiger partial charge in [-0.2, -0.15) is 0 Å². The van der Waals surface area contributed by atoms with Crippen LogP contribution < -0.4 is 0 Å². The minimum atomic E-state index is -0.410. The number of aliphatic hydroxyl groups is 2. The van der Waals surface area contributed by atoms with Gasteiger partial charge in [0, 0.05) is 24.2 Å². The average molecular weight is 421 g/mol. The Bertz CT molecular complexity index is 691. The molecule has 4 saturated carbocycles. The third-order valence-electron chi connectivity index (χ3n) is 10.3. The van der Waals surface area contributed by atoms with Crippen LogP contribution in [0.2, 0.25) is 0 Å². The highest BCUT2D eigenvalue weighted by Gasteiger charge is 2.65. The van der Waals surface area contributed by atoms with Gasteiger partial charge in [-0.05, 0) is 80.0 Å². The number of Topliss-reactive ketones (excluding diaryl/α,β-unsaturated/α-hetero) is 1. The second-order valence-electron chi connectivity index (χ2n) is 11.4. The van der Waals surface area contributed by atoms with Crippen molar-refractivity contribution in [2.45, 2.75) is 90.8 Å². The molecule has 0 aromatic carbocycles. The molecule has 5 nitrogen and oxygen atoms in total. The first-order chi connectivity index (χ1) is 14.1. The van der Waals surface area contributed by atoms with Gasteiger partial charge in [0.15, 0.2) is 0 Å². The monoisotopic (exact) mass is 420 g/mol. The first-order valence-corrected chi connectivity index (χ1v) is 12.1. The van der Waals surface area contributed by atoms with Gasteiger partial charge in [-0.15, -0.1) is 0 Å². The van der Waals surface area contributed by atoms with Crippen molar-refractivity contribution >= 4 is 11.8 Å². The van der Waals surface area contributed by atoms with E-state index in [9.17, 15) is 19.8 Å². The third-order valence-corrected chi connectivity index (χ3v) is 10.3. The van der Waals surface area contributed by atoms with E-state index >= 15 is 0 Å². The van der Waals surface area contributed by atoms with Crippen molar-refractivity contribution in [1.29, 1.82) is 0 Å². The zero-order valence-electron chi connectivity index (χ0n) is 19.1. The zero-order valence-corrected chi connectivity index (χ0v) is 19.1. The van der Waals surface area contributed by atoms with Gasteiger partial charge in [0.1, 0.15) is 5.78 Å². The Kier molecular flexibility index (Phi) is 5.85. The lowest BCUT2D eigenvalue weighted by molar-refractivity contribution is -0.182. The van der Waals surface area contributed by atoms with Gasteiger partial charge in [0.2, 0.25) is 0 Å². The summed E-state index contributed by atoms with van der Waals surface area (Å²) in [6, 6.07) is 0. The fourth-order valence-electron chi connectivity index (χ4n) is 8.49. The van der Waals surface area contributed by atoms with E-state index in [4.69, 9.17) is 4.74 Å². The smallest absolute Gasteiger partial charge is 0.305 e. The predicted octanol–water partition coefficient (Wildman–Crippen LogP) is 3.75. The molecule has 2 N–H and O–H groups in total. The van der Waals surface area contributed by atoms with Crippen molar-refractivity contribution in [1.82, 2.24) is 0 Å². The summed E-state index contributed by atoms with van der Waals surface area (Å²) in [5, 5.41) is 21.7. The van der Waals surface area contributed by atoms with Crippen LogP contribution >= 0.6 is 0 Å². The molecule has 170 valence electrons. The van der Waals surface area contributed by atoms with Crippen LogP contribution in [0.1, 0.15) is 78.6 Å². The Morgan fingerprint density at radius 2 is 1.90 bits per heavy atom. The van der Waals surface area contributed by atoms with Crippen LogP contribution in [0.5, 0.6) is 0 Å². The summed E-state index contributed by atoms with van der Waals surface area (Å²) >= 11 is 0. The number of hydrogen-bond acceptors (Lipinski definition) is 5. The molecule has 0 radical (unpaired) electrons. The van der Waals surface area contributed by atoms with Gasteiger partial charge in [-0.1, -0.05) is 20.8 Å². The molecule has 0 aromatic heterocycles. The zero-order chi connectivity index (χ0) is 21.8. The number of carbonyl (C=O) groups excluding carboxylic acids is 2. The number of rotatable bonds is 4. The first-order valence-electron chi connectivity index (χ1n) is 12.1. The number of ether oxygens (including phenoxy) is 1. The lowest BCUT2D eigenvalue weighted by Crippen LogP contribution is -2.61. The summed E-state index contributed by atoms with van der Waals surface area (Å²) in [7, 11) is 1.43. The summed E-state index contributed by atoms with van der Waals surface area (Å²) in [5.74, 6) is 1.61. The number of fused-ring (bicyclic) bond motifs is 5. The number of hydrogen-bond donors (Lipinski definition) is 2. The molecule has 4 aliphatic rings. The topological polar surface area (TPSA) is 83.8 Å². The summed E-state index contributed by atoms with van der Waals surface area (Å²) in [6.07, 6.45) is 6.32. The Labute approximate surface area is 180 Å². The van der Waals surface area contributed by atoms with Gasteiger partial charge in [-0.25, -0.2) is 0 Å². The number of ketones is 1. The molecule has 0 aliphatic heterocycles. The Balaban J connectivity index is 1.59. The quantitative estimate of drug-likeness (QED) is 0.677. The van der Waals surface area contributed by atoms with Crippen LogP contribution in [0, 0.1) is 46.3 Å². The Hall–Kier alpha value is -0.940. The maximum atomic E-state index is 13.4. The largest absolute Gasteiger partial charge is 0.469 e. The molecule has 0 amide bonds. The molecule has 4 fully saturated rings. The average Bonchev–Trinajstić information content (AvgIpc) is 3.06. The third kappa shape index (κ3) is 3.26. The molecule has 4 aliphatic carbocycles. The summed E-state index contributed by atoms with van der Waals surface area (Å²) in [4.78, 5) is 25.1. The normalized spacial score (nSPS) is 49.0. The van der Waals surface area contributed by atoms with Crippen LogP contribution in [0.15, 0.2) is 0 Å². The minimum Gasteiger partial charge on any atom is -0.469 e.